The molecule has 1 aromatic rings. The van der Waals surface area contributed by atoms with Crippen LogP contribution in [-0.2, 0) is 0 Å². The molecule has 0 atom stereocenters. The van der Waals surface area contributed by atoms with Crippen LogP contribution in [0.3, 0.4) is 0 Å². The average Bonchev–Trinajstić information content (AvgIpc) is 2.18. The Kier molecular flexibility index (Phi) is 4.55. The van der Waals surface area contributed by atoms with Crippen molar-refractivity contribution in [1.82, 2.24) is 0 Å². The van der Waals surface area contributed by atoms with E-state index in [4.69, 9.17) is 0 Å². The summed E-state index contributed by atoms with van der Waals surface area (Å²) >= 11 is 1.23. The van der Waals surface area contributed by atoms with E-state index in [9.17, 15) is 9.18 Å². The van der Waals surface area contributed by atoms with E-state index in [2.05, 4.69) is 25.0 Å². The highest BCUT2D eigenvalue weighted by Gasteiger charge is 2.16. The van der Waals surface area contributed by atoms with Crippen LogP contribution in [0.5, 0.6) is 0 Å². The van der Waals surface area contributed by atoms with Gasteiger partial charge in [0.15, 0.2) is 0 Å². The number of hydrogen-bond acceptors (Lipinski definition) is 2. The number of nitrogens with one attached hydrogen (secondary N) is 1. The molecule has 0 aromatic heterocycles. The molecule has 0 fully saturated rings. The second-order valence-corrected chi connectivity index (χ2v) is 11.7. The first-order chi connectivity index (χ1) is 7.38. The van der Waals surface area contributed by atoms with Gasteiger partial charge in [0.05, 0.1) is 13.8 Å². The van der Waals surface area contributed by atoms with Crippen molar-refractivity contribution in [2.45, 2.75) is 19.6 Å². The summed E-state index contributed by atoms with van der Waals surface area (Å²) < 4.78 is 13.2. The normalized spacial score (nSPS) is 11.2. The van der Waals surface area contributed by atoms with Crippen molar-refractivity contribution in [3.63, 3.8) is 0 Å². The lowest BCUT2D eigenvalue weighted by molar-refractivity contribution is 0.269. The summed E-state index contributed by atoms with van der Waals surface area (Å²) in [4.78, 5) is 11.5. The third kappa shape index (κ3) is 4.81. The molecule has 0 unspecified atom stereocenters. The fraction of sp³-hybridized carbons (Fsp3) is 0.364. The molecule has 0 aliphatic rings. The SMILES string of the molecule is C[Si](C)(C)CSC(=O)Nc1ccccc1F. The van der Waals surface area contributed by atoms with Gasteiger partial charge in [-0.1, -0.05) is 43.5 Å². The lowest BCUT2D eigenvalue weighted by Crippen LogP contribution is -2.25. The van der Waals surface area contributed by atoms with Crippen LogP contribution in [0.25, 0.3) is 0 Å². The highest BCUT2D eigenvalue weighted by atomic mass is 32.2. The van der Waals surface area contributed by atoms with E-state index in [1.54, 1.807) is 18.2 Å². The molecule has 16 heavy (non-hydrogen) atoms. The molecule has 0 aliphatic heterocycles. The number of carbonyl (C=O) groups excluding carboxylic acids is 1. The van der Waals surface area contributed by atoms with Crippen molar-refractivity contribution < 1.29 is 9.18 Å². The van der Waals surface area contributed by atoms with Crippen LogP contribution in [0.4, 0.5) is 14.9 Å². The predicted octanol–water partition coefficient (Wildman–Crippen LogP) is 3.97. The number of benzene rings is 1. The fourth-order valence-corrected chi connectivity index (χ4v) is 3.43. The molecular weight excluding hydrogens is 241 g/mol. The maximum Gasteiger partial charge on any atom is 0.283 e. The number of hydrogen-bond donors (Lipinski definition) is 1. The maximum absolute atomic E-state index is 13.2. The lowest BCUT2D eigenvalue weighted by Gasteiger charge is -2.14. The van der Waals surface area contributed by atoms with E-state index >= 15 is 0 Å². The third-order valence-corrected chi connectivity index (χ3v) is 6.15. The van der Waals surface area contributed by atoms with E-state index in [1.807, 2.05) is 0 Å². The first-order valence-corrected chi connectivity index (χ1v) is 9.76. The van der Waals surface area contributed by atoms with E-state index in [0.29, 0.717) is 0 Å². The Hall–Kier alpha value is -0.813. The highest BCUT2D eigenvalue weighted by molar-refractivity contribution is 8.15. The van der Waals surface area contributed by atoms with Crippen molar-refractivity contribution in [1.29, 1.82) is 0 Å². The van der Waals surface area contributed by atoms with Gasteiger partial charge in [0, 0.05) is 0 Å². The molecule has 0 radical (unpaired) electrons. The van der Waals surface area contributed by atoms with Crippen LogP contribution in [0.1, 0.15) is 0 Å². The Labute approximate surface area is 101 Å². The van der Waals surface area contributed by atoms with Gasteiger partial charge in [-0.25, -0.2) is 4.39 Å². The number of amides is 1. The summed E-state index contributed by atoms with van der Waals surface area (Å²) in [5.74, 6) is -0.399. The van der Waals surface area contributed by atoms with Crippen LogP contribution in [-0.4, -0.2) is 18.7 Å². The van der Waals surface area contributed by atoms with Gasteiger partial charge in [0.25, 0.3) is 5.24 Å². The Bertz CT molecular complexity index is 378. The molecule has 0 bridgehead atoms. The zero-order chi connectivity index (χ0) is 12.2. The quantitative estimate of drug-likeness (QED) is 0.830. The molecule has 1 amide bonds. The van der Waals surface area contributed by atoms with Crippen molar-refractivity contribution in [2.75, 3.05) is 10.7 Å². The molecule has 0 spiro atoms. The van der Waals surface area contributed by atoms with Crippen molar-refractivity contribution in [3.8, 4) is 0 Å². The van der Waals surface area contributed by atoms with Gasteiger partial charge in [-0.05, 0) is 17.5 Å². The summed E-state index contributed by atoms with van der Waals surface area (Å²) in [7, 11) is -1.24. The van der Waals surface area contributed by atoms with Gasteiger partial charge in [0.2, 0.25) is 0 Å². The minimum absolute atomic E-state index is 0.187. The minimum atomic E-state index is -1.24. The maximum atomic E-state index is 13.2. The van der Waals surface area contributed by atoms with E-state index in [0.717, 1.165) is 5.38 Å². The Balaban J connectivity index is 2.50. The molecular formula is C11H16FNOSSi. The first kappa shape index (κ1) is 13.3. The van der Waals surface area contributed by atoms with E-state index in [1.165, 1.54) is 17.8 Å². The average molecular weight is 257 g/mol. The van der Waals surface area contributed by atoms with E-state index < -0.39 is 13.9 Å². The monoisotopic (exact) mass is 257 g/mol. The van der Waals surface area contributed by atoms with Gasteiger partial charge in [-0.3, -0.25) is 4.79 Å². The summed E-state index contributed by atoms with van der Waals surface area (Å²) in [6, 6.07) is 6.18. The summed E-state index contributed by atoms with van der Waals surface area (Å²) in [5.41, 5.74) is 0.246. The van der Waals surface area contributed by atoms with Crippen molar-refractivity contribution in [2.24, 2.45) is 0 Å². The number of rotatable bonds is 3. The van der Waals surface area contributed by atoms with Crippen LogP contribution in [0.15, 0.2) is 24.3 Å². The van der Waals surface area contributed by atoms with Crippen molar-refractivity contribution in [3.05, 3.63) is 30.1 Å². The number of para-hydroxylation sites is 1. The highest BCUT2D eigenvalue weighted by Crippen LogP contribution is 2.17. The molecule has 0 saturated heterocycles. The van der Waals surface area contributed by atoms with Gasteiger partial charge in [0.1, 0.15) is 5.82 Å². The zero-order valence-corrected chi connectivity index (χ0v) is 11.5. The smallest absolute Gasteiger partial charge is 0.283 e. The van der Waals surface area contributed by atoms with Crippen LogP contribution in [0.2, 0.25) is 19.6 Å². The Morgan fingerprint density at radius 2 is 2.00 bits per heavy atom. The van der Waals surface area contributed by atoms with Gasteiger partial charge in [-0.15, -0.1) is 0 Å². The molecule has 88 valence electrons. The lowest BCUT2D eigenvalue weighted by atomic mass is 10.3. The molecule has 0 aliphatic carbocycles. The van der Waals surface area contributed by atoms with E-state index in [-0.39, 0.29) is 10.9 Å². The number of thioether (sulfide) groups is 1. The fourth-order valence-electron chi connectivity index (χ4n) is 0.991. The molecule has 1 N–H and O–H groups in total. The van der Waals surface area contributed by atoms with Gasteiger partial charge in [-0.2, -0.15) is 0 Å². The largest absolute Gasteiger partial charge is 0.314 e. The molecule has 1 rings (SSSR count). The second-order valence-electron chi connectivity index (χ2n) is 4.74. The van der Waals surface area contributed by atoms with Crippen LogP contribution >= 0.6 is 11.8 Å². The van der Waals surface area contributed by atoms with Gasteiger partial charge < -0.3 is 5.32 Å². The molecule has 5 heteroatoms. The van der Waals surface area contributed by atoms with Crippen LogP contribution in [0, 0.1) is 5.82 Å². The predicted molar refractivity (Wildman–Crippen MR) is 71.2 cm³/mol. The molecule has 0 saturated carbocycles. The zero-order valence-electron chi connectivity index (χ0n) is 9.71. The first-order valence-electron chi connectivity index (χ1n) is 5.07. The Morgan fingerprint density at radius 1 is 1.38 bits per heavy atom. The number of carbonyl (C=O) groups is 1. The van der Waals surface area contributed by atoms with Gasteiger partial charge >= 0.3 is 0 Å². The number of halogens is 1. The topological polar surface area (TPSA) is 29.1 Å². The van der Waals surface area contributed by atoms with Crippen molar-refractivity contribution >= 4 is 30.8 Å². The summed E-state index contributed by atoms with van der Waals surface area (Å²) in [6.45, 7) is 6.57. The number of anilines is 1. The summed E-state index contributed by atoms with van der Waals surface area (Å²) in [5, 5.41) is 3.21. The van der Waals surface area contributed by atoms with Crippen LogP contribution < -0.4 is 5.32 Å². The molecule has 1 aromatic carbocycles. The minimum Gasteiger partial charge on any atom is -0.314 e. The standard InChI is InChI=1S/C11H16FNOSSi/c1-16(2,3)8-15-11(14)13-10-7-5-4-6-9(10)12/h4-7H,8H2,1-3H3,(H,13,14). The second kappa shape index (κ2) is 5.50. The summed E-state index contributed by atoms with van der Waals surface area (Å²) in [6.07, 6.45) is 0. The third-order valence-electron chi connectivity index (χ3n) is 1.75. The molecule has 0 heterocycles. The molecule has 2 nitrogen and oxygen atoms in total. The Morgan fingerprint density at radius 3 is 2.56 bits per heavy atom.